The molecule has 1 aliphatic carbocycles. The maximum Gasteiger partial charge on any atom is 0.151 e. The van der Waals surface area contributed by atoms with Crippen LogP contribution in [0.3, 0.4) is 0 Å². The Bertz CT molecular complexity index is 375. The highest BCUT2D eigenvalue weighted by Gasteiger charge is 2.27. The fraction of sp³-hybridized carbons (Fsp3) is 0.400. The van der Waals surface area contributed by atoms with Crippen molar-refractivity contribution in [1.29, 1.82) is 0 Å². The lowest BCUT2D eigenvalue weighted by Gasteiger charge is -2.06. The Hall–Kier alpha value is -1.45. The number of benzene rings is 1. The van der Waals surface area contributed by atoms with Crippen LogP contribution >= 0.6 is 0 Å². The molecule has 1 fully saturated rings. The first-order chi connectivity index (χ1) is 6.76. The molecule has 0 radical (unpaired) electrons. The first-order valence-electron chi connectivity index (χ1n) is 4.47. The Morgan fingerprint density at radius 3 is 2.71 bits per heavy atom. The lowest BCUT2D eigenvalue weighted by Crippen LogP contribution is -1.90. The van der Waals surface area contributed by atoms with Gasteiger partial charge in [-0.05, 0) is 35.6 Å². The Balaban J connectivity index is 2.47. The molecule has 0 saturated heterocycles. The smallest absolute Gasteiger partial charge is 0.151 e. The summed E-state index contributed by atoms with van der Waals surface area (Å²) in [4.78, 5) is 10.4. The van der Waals surface area contributed by atoms with Gasteiger partial charge in [-0.2, -0.15) is 0 Å². The monoisotopic (exact) mass is 195 g/mol. The third kappa shape index (κ3) is 1.47. The highest BCUT2D eigenvalue weighted by Crippen LogP contribution is 2.44. The molecule has 14 heavy (non-hydrogen) atoms. The zero-order valence-corrected chi connectivity index (χ0v) is 7.79. The Morgan fingerprint density at radius 2 is 2.21 bits per heavy atom. The molecule has 0 unspecified atom stereocenters. The number of rotatable bonds is 3. The second kappa shape index (κ2) is 3.36. The number of halogens is 1. The number of hydrogen-bond donors (Lipinski definition) is 0. The van der Waals surface area contributed by atoms with Crippen LogP contribution in [0, 0.1) is 10.7 Å². The van der Waals surface area contributed by atoms with Crippen molar-refractivity contribution in [2.45, 2.75) is 18.8 Å². The molecule has 0 spiro atoms. The van der Waals surface area contributed by atoms with E-state index in [0.29, 0.717) is 5.56 Å². The minimum absolute atomic E-state index is 0.177. The summed E-state index contributed by atoms with van der Waals surface area (Å²) in [6, 6.07) is 2.71. The van der Waals surface area contributed by atoms with Gasteiger partial charge in [-0.3, -0.25) is 0 Å². The van der Waals surface area contributed by atoms with Crippen LogP contribution in [0.1, 0.15) is 24.3 Å². The fourth-order valence-corrected chi connectivity index (χ4v) is 1.50. The standard InChI is InChI=1S/C10H10FNO2/c1-14-10-5-8(11)7(6-2-3-6)4-9(10)12-13/h4-6H,2-3H2,1H3. The first kappa shape index (κ1) is 9.12. The SMILES string of the molecule is COc1cc(F)c(C2CC2)cc1N=O. The summed E-state index contributed by atoms with van der Waals surface area (Å²) < 4.78 is 18.3. The van der Waals surface area contributed by atoms with Gasteiger partial charge >= 0.3 is 0 Å². The van der Waals surface area contributed by atoms with E-state index in [9.17, 15) is 9.30 Å². The van der Waals surface area contributed by atoms with Gasteiger partial charge in [-0.15, -0.1) is 4.91 Å². The minimum Gasteiger partial charge on any atom is -0.494 e. The number of hydrogen-bond acceptors (Lipinski definition) is 3. The van der Waals surface area contributed by atoms with Crippen LogP contribution in [0.2, 0.25) is 0 Å². The molecular weight excluding hydrogens is 185 g/mol. The van der Waals surface area contributed by atoms with Crippen molar-refractivity contribution in [2.24, 2.45) is 5.18 Å². The summed E-state index contributed by atoms with van der Waals surface area (Å²) >= 11 is 0. The molecule has 0 aromatic heterocycles. The lowest BCUT2D eigenvalue weighted by molar-refractivity contribution is 0.412. The fourth-order valence-electron chi connectivity index (χ4n) is 1.50. The van der Waals surface area contributed by atoms with Crippen LogP contribution in [0.15, 0.2) is 17.3 Å². The van der Waals surface area contributed by atoms with Gasteiger partial charge in [-0.1, -0.05) is 0 Å². The Kier molecular flexibility index (Phi) is 2.19. The van der Waals surface area contributed by atoms with Crippen LogP contribution in [0.5, 0.6) is 5.75 Å². The Morgan fingerprint density at radius 1 is 1.50 bits per heavy atom. The molecule has 0 aliphatic heterocycles. The maximum atomic E-state index is 13.4. The highest BCUT2D eigenvalue weighted by molar-refractivity contribution is 5.55. The molecule has 0 N–H and O–H groups in total. The first-order valence-corrected chi connectivity index (χ1v) is 4.47. The summed E-state index contributed by atoms with van der Waals surface area (Å²) in [5.41, 5.74) is 0.760. The van der Waals surface area contributed by atoms with Crippen LogP contribution in [-0.4, -0.2) is 7.11 Å². The molecule has 0 amide bonds. The predicted octanol–water partition coefficient (Wildman–Crippen LogP) is 3.11. The number of methoxy groups -OCH3 is 1. The van der Waals surface area contributed by atoms with Crippen LogP contribution in [0.4, 0.5) is 10.1 Å². The predicted molar refractivity (Wildman–Crippen MR) is 50.4 cm³/mol. The highest BCUT2D eigenvalue weighted by atomic mass is 19.1. The quantitative estimate of drug-likeness (QED) is 0.695. The molecule has 0 bridgehead atoms. The third-order valence-electron chi connectivity index (χ3n) is 2.41. The van der Waals surface area contributed by atoms with Crippen LogP contribution < -0.4 is 4.74 Å². The summed E-state index contributed by atoms with van der Waals surface area (Å²) in [5, 5.41) is 2.81. The Labute approximate surface area is 80.9 Å². The average Bonchev–Trinajstić information content (AvgIpc) is 3.01. The van der Waals surface area contributed by atoms with Gasteiger partial charge in [0.05, 0.1) is 7.11 Å². The lowest BCUT2D eigenvalue weighted by atomic mass is 10.1. The molecule has 1 aliphatic rings. The molecule has 0 atom stereocenters. The molecule has 1 aromatic carbocycles. The molecule has 3 nitrogen and oxygen atoms in total. The van der Waals surface area contributed by atoms with Gasteiger partial charge in [-0.25, -0.2) is 4.39 Å². The summed E-state index contributed by atoms with van der Waals surface area (Å²) in [7, 11) is 1.39. The van der Waals surface area contributed by atoms with E-state index in [1.54, 1.807) is 0 Å². The minimum atomic E-state index is -0.309. The molecule has 0 heterocycles. The number of nitrogens with zero attached hydrogens (tertiary/aromatic N) is 1. The van der Waals surface area contributed by atoms with E-state index in [1.807, 2.05) is 0 Å². The normalized spacial score (nSPS) is 15.3. The topological polar surface area (TPSA) is 38.7 Å². The van der Waals surface area contributed by atoms with E-state index in [4.69, 9.17) is 4.74 Å². The van der Waals surface area contributed by atoms with Crippen molar-refractivity contribution in [1.82, 2.24) is 0 Å². The second-order valence-corrected chi connectivity index (χ2v) is 3.41. The maximum absolute atomic E-state index is 13.4. The summed E-state index contributed by atoms with van der Waals surface area (Å²) in [6.45, 7) is 0. The van der Waals surface area contributed by atoms with Crippen molar-refractivity contribution in [3.8, 4) is 5.75 Å². The van der Waals surface area contributed by atoms with E-state index < -0.39 is 0 Å². The van der Waals surface area contributed by atoms with E-state index >= 15 is 0 Å². The van der Waals surface area contributed by atoms with E-state index in [-0.39, 0.29) is 23.2 Å². The molecular formula is C10H10FNO2. The molecule has 2 rings (SSSR count). The zero-order valence-electron chi connectivity index (χ0n) is 7.79. The van der Waals surface area contributed by atoms with Crippen molar-refractivity contribution in [3.05, 3.63) is 28.4 Å². The van der Waals surface area contributed by atoms with E-state index in [2.05, 4.69) is 5.18 Å². The van der Waals surface area contributed by atoms with Gasteiger partial charge < -0.3 is 4.74 Å². The largest absolute Gasteiger partial charge is 0.494 e. The number of nitroso groups, excluding NO2 is 1. The molecule has 1 saturated carbocycles. The van der Waals surface area contributed by atoms with E-state index in [0.717, 1.165) is 12.8 Å². The van der Waals surface area contributed by atoms with Crippen molar-refractivity contribution < 1.29 is 9.13 Å². The number of ether oxygens (including phenoxy) is 1. The van der Waals surface area contributed by atoms with Crippen molar-refractivity contribution >= 4 is 5.69 Å². The third-order valence-corrected chi connectivity index (χ3v) is 2.41. The summed E-state index contributed by atoms with van der Waals surface area (Å²) in [6.07, 6.45) is 1.98. The van der Waals surface area contributed by atoms with E-state index in [1.165, 1.54) is 19.2 Å². The molecule has 74 valence electrons. The van der Waals surface area contributed by atoms with Crippen LogP contribution in [0.25, 0.3) is 0 Å². The van der Waals surface area contributed by atoms with Gasteiger partial charge in [0.1, 0.15) is 11.5 Å². The van der Waals surface area contributed by atoms with Gasteiger partial charge in [0, 0.05) is 6.07 Å². The van der Waals surface area contributed by atoms with Crippen molar-refractivity contribution in [2.75, 3.05) is 7.11 Å². The molecule has 1 aromatic rings. The zero-order chi connectivity index (χ0) is 10.1. The van der Waals surface area contributed by atoms with Gasteiger partial charge in [0.25, 0.3) is 0 Å². The average molecular weight is 195 g/mol. The van der Waals surface area contributed by atoms with Crippen molar-refractivity contribution in [3.63, 3.8) is 0 Å². The summed E-state index contributed by atoms with van der Waals surface area (Å²) in [5.74, 6) is 0.153. The van der Waals surface area contributed by atoms with Gasteiger partial charge in [0.2, 0.25) is 0 Å². The second-order valence-electron chi connectivity index (χ2n) is 3.41. The molecule has 4 heteroatoms. The van der Waals surface area contributed by atoms with Gasteiger partial charge in [0.15, 0.2) is 5.75 Å². The van der Waals surface area contributed by atoms with Crippen LogP contribution in [-0.2, 0) is 0 Å².